The number of nitrogens with one attached hydrogen (secondary N) is 2. The summed E-state index contributed by atoms with van der Waals surface area (Å²) in [6.45, 7) is 5.36. The monoisotopic (exact) mass is 312 g/mol. The Labute approximate surface area is 132 Å². The molecule has 0 atom stereocenters. The molecule has 8 heteroatoms. The number of nitrogen functional groups attached to an aromatic ring is 1. The minimum Gasteiger partial charge on any atom is -0.436 e. The lowest BCUT2D eigenvalue weighted by molar-refractivity contribution is 0.0994. The quantitative estimate of drug-likeness (QED) is 0.681. The average Bonchev–Trinajstić information content (AvgIpc) is 3.06. The van der Waals surface area contributed by atoms with Gasteiger partial charge in [0.15, 0.2) is 11.7 Å². The minimum atomic E-state index is -0.352. The largest absolute Gasteiger partial charge is 0.436 e. The van der Waals surface area contributed by atoms with Gasteiger partial charge in [0.25, 0.3) is 5.91 Å². The third-order valence-corrected chi connectivity index (χ3v) is 3.36. The first-order valence-corrected chi connectivity index (χ1v) is 6.98. The lowest BCUT2D eigenvalue weighted by atomic mass is 10.1. The third kappa shape index (κ3) is 2.91. The second-order valence-corrected chi connectivity index (χ2v) is 5.17. The Balaban J connectivity index is 1.89. The molecule has 4 N–H and O–H groups in total. The van der Waals surface area contributed by atoms with Crippen molar-refractivity contribution in [2.45, 2.75) is 20.8 Å². The summed E-state index contributed by atoms with van der Waals surface area (Å²) in [7, 11) is 0. The van der Waals surface area contributed by atoms with Gasteiger partial charge < -0.3 is 15.5 Å². The van der Waals surface area contributed by atoms with Crippen LogP contribution in [0.1, 0.15) is 27.7 Å². The van der Waals surface area contributed by atoms with E-state index in [1.165, 1.54) is 0 Å². The molecule has 3 rings (SSSR count). The van der Waals surface area contributed by atoms with E-state index >= 15 is 0 Å². The molecule has 1 aromatic carbocycles. The Morgan fingerprint density at radius 3 is 2.65 bits per heavy atom. The SMILES string of the molecule is Cc1nc(C)c(C(=O)Nc2ccc(C)c(-c3nc(N)n[nH]3)c2)o1. The number of amides is 1. The number of H-pyrrole nitrogens is 1. The van der Waals surface area contributed by atoms with E-state index < -0.39 is 0 Å². The zero-order valence-corrected chi connectivity index (χ0v) is 13.0. The standard InChI is InChI=1S/C15H16N6O2/c1-7-4-5-10(6-11(7)13-19-15(16)21-20-13)18-14(22)12-8(2)17-9(3)23-12/h4-6H,1-3H3,(H,18,22)(H3,16,19,20,21). The van der Waals surface area contributed by atoms with Gasteiger partial charge in [-0.2, -0.15) is 4.98 Å². The number of aryl methyl sites for hydroxylation is 3. The van der Waals surface area contributed by atoms with Crippen LogP contribution in [-0.2, 0) is 0 Å². The van der Waals surface area contributed by atoms with Gasteiger partial charge in [0.2, 0.25) is 11.7 Å². The number of oxazole rings is 1. The van der Waals surface area contributed by atoms with E-state index in [1.54, 1.807) is 26.0 Å². The number of aromatic amines is 1. The fraction of sp³-hybridized carbons (Fsp3) is 0.200. The van der Waals surface area contributed by atoms with Crippen molar-refractivity contribution in [2.24, 2.45) is 0 Å². The summed E-state index contributed by atoms with van der Waals surface area (Å²) in [4.78, 5) is 20.5. The van der Waals surface area contributed by atoms with Crippen molar-refractivity contribution in [3.8, 4) is 11.4 Å². The van der Waals surface area contributed by atoms with Crippen LogP contribution in [0.25, 0.3) is 11.4 Å². The highest BCUT2D eigenvalue weighted by Crippen LogP contribution is 2.24. The minimum absolute atomic E-state index is 0.168. The second kappa shape index (κ2) is 5.56. The first-order chi connectivity index (χ1) is 10.9. The van der Waals surface area contributed by atoms with Gasteiger partial charge in [-0.15, -0.1) is 5.10 Å². The highest BCUT2D eigenvalue weighted by molar-refractivity contribution is 6.03. The summed E-state index contributed by atoms with van der Waals surface area (Å²) in [6, 6.07) is 5.48. The molecule has 0 saturated heterocycles. The van der Waals surface area contributed by atoms with Crippen LogP contribution in [0, 0.1) is 20.8 Å². The lowest BCUT2D eigenvalue weighted by Gasteiger charge is -2.08. The van der Waals surface area contributed by atoms with Gasteiger partial charge in [0.05, 0.1) is 5.69 Å². The molecule has 118 valence electrons. The van der Waals surface area contributed by atoms with E-state index in [0.29, 0.717) is 23.1 Å². The molecule has 0 aliphatic carbocycles. The highest BCUT2D eigenvalue weighted by Gasteiger charge is 2.17. The van der Waals surface area contributed by atoms with E-state index in [2.05, 4.69) is 25.5 Å². The fourth-order valence-electron chi connectivity index (χ4n) is 2.28. The van der Waals surface area contributed by atoms with E-state index in [1.807, 2.05) is 13.0 Å². The molecule has 2 heterocycles. The number of anilines is 2. The van der Waals surface area contributed by atoms with Crippen LogP contribution in [-0.4, -0.2) is 26.1 Å². The fourth-order valence-corrected chi connectivity index (χ4v) is 2.28. The Kier molecular flexibility index (Phi) is 3.57. The zero-order valence-electron chi connectivity index (χ0n) is 13.0. The molecule has 0 saturated carbocycles. The van der Waals surface area contributed by atoms with Gasteiger partial charge in [-0.1, -0.05) is 6.07 Å². The Hall–Kier alpha value is -3.16. The van der Waals surface area contributed by atoms with Crippen molar-refractivity contribution >= 4 is 17.5 Å². The number of nitrogens with zero attached hydrogens (tertiary/aromatic N) is 3. The van der Waals surface area contributed by atoms with Gasteiger partial charge >= 0.3 is 0 Å². The highest BCUT2D eigenvalue weighted by atomic mass is 16.4. The normalized spacial score (nSPS) is 10.7. The van der Waals surface area contributed by atoms with E-state index in [4.69, 9.17) is 10.2 Å². The Bertz CT molecular complexity index is 880. The van der Waals surface area contributed by atoms with Crippen molar-refractivity contribution in [2.75, 3.05) is 11.1 Å². The summed E-state index contributed by atoms with van der Waals surface area (Å²) in [5, 5.41) is 9.37. The number of hydrogen-bond acceptors (Lipinski definition) is 6. The maximum Gasteiger partial charge on any atom is 0.293 e. The molecule has 0 fully saturated rings. The zero-order chi connectivity index (χ0) is 16.6. The summed E-state index contributed by atoms with van der Waals surface area (Å²) >= 11 is 0. The molecule has 0 radical (unpaired) electrons. The molecule has 0 aliphatic heterocycles. The number of benzene rings is 1. The maximum atomic E-state index is 12.3. The molecule has 0 bridgehead atoms. The van der Waals surface area contributed by atoms with Gasteiger partial charge in [-0.05, 0) is 31.5 Å². The van der Waals surface area contributed by atoms with Crippen molar-refractivity contribution < 1.29 is 9.21 Å². The smallest absolute Gasteiger partial charge is 0.293 e. The Morgan fingerprint density at radius 1 is 1.26 bits per heavy atom. The lowest BCUT2D eigenvalue weighted by Crippen LogP contribution is -2.12. The molecule has 0 unspecified atom stereocenters. The number of nitrogens with two attached hydrogens (primary N) is 1. The number of aromatic nitrogens is 4. The third-order valence-electron chi connectivity index (χ3n) is 3.36. The van der Waals surface area contributed by atoms with Gasteiger partial charge in [0.1, 0.15) is 0 Å². The summed E-state index contributed by atoms with van der Waals surface area (Å²) < 4.78 is 5.32. The average molecular weight is 312 g/mol. The molecular weight excluding hydrogens is 296 g/mol. The number of rotatable bonds is 3. The summed E-state index contributed by atoms with van der Waals surface area (Å²) in [5.74, 6) is 1.02. The van der Waals surface area contributed by atoms with Gasteiger partial charge in [-0.25, -0.2) is 4.98 Å². The van der Waals surface area contributed by atoms with Crippen LogP contribution >= 0.6 is 0 Å². The van der Waals surface area contributed by atoms with Crippen LogP contribution < -0.4 is 11.1 Å². The van der Waals surface area contributed by atoms with Crippen LogP contribution in [0.3, 0.4) is 0 Å². The van der Waals surface area contributed by atoms with Crippen molar-refractivity contribution in [1.82, 2.24) is 20.2 Å². The first-order valence-electron chi connectivity index (χ1n) is 6.98. The molecule has 0 aliphatic rings. The van der Waals surface area contributed by atoms with Crippen LogP contribution in [0.15, 0.2) is 22.6 Å². The molecule has 8 nitrogen and oxygen atoms in total. The van der Waals surface area contributed by atoms with Gasteiger partial charge in [0, 0.05) is 18.2 Å². The summed E-state index contributed by atoms with van der Waals surface area (Å²) in [6.07, 6.45) is 0. The molecule has 3 aromatic rings. The van der Waals surface area contributed by atoms with Crippen molar-refractivity contribution in [3.05, 3.63) is 41.1 Å². The van der Waals surface area contributed by atoms with Gasteiger partial charge in [-0.3, -0.25) is 9.89 Å². The first kappa shape index (κ1) is 14.8. The predicted molar refractivity (Wildman–Crippen MR) is 84.9 cm³/mol. The second-order valence-electron chi connectivity index (χ2n) is 5.17. The number of carbonyl (C=O) groups is 1. The van der Waals surface area contributed by atoms with E-state index in [9.17, 15) is 4.79 Å². The molecule has 1 amide bonds. The maximum absolute atomic E-state index is 12.3. The van der Waals surface area contributed by atoms with E-state index in [0.717, 1.165) is 11.1 Å². The molecule has 0 spiro atoms. The number of carbonyl (C=O) groups excluding carboxylic acids is 1. The van der Waals surface area contributed by atoms with Crippen molar-refractivity contribution in [3.63, 3.8) is 0 Å². The van der Waals surface area contributed by atoms with Crippen LogP contribution in [0.4, 0.5) is 11.6 Å². The molecular formula is C15H16N6O2. The topological polar surface area (TPSA) is 123 Å². The molecule has 23 heavy (non-hydrogen) atoms. The Morgan fingerprint density at radius 2 is 2.04 bits per heavy atom. The van der Waals surface area contributed by atoms with E-state index in [-0.39, 0.29) is 17.6 Å². The number of hydrogen-bond donors (Lipinski definition) is 3. The predicted octanol–water partition coefficient (Wildman–Crippen LogP) is 2.22. The van der Waals surface area contributed by atoms with Crippen LogP contribution in [0.5, 0.6) is 0 Å². The molecule has 2 aromatic heterocycles. The van der Waals surface area contributed by atoms with Crippen LogP contribution in [0.2, 0.25) is 0 Å². The van der Waals surface area contributed by atoms with Crippen molar-refractivity contribution in [1.29, 1.82) is 0 Å². The summed E-state index contributed by atoms with van der Waals surface area (Å²) in [5.41, 5.74) is 8.48.